The standard InChI is InChI=1S/C19H23ClN2O.CH4O.CH2O/c1-3-15(4-2)16-7-11-18(12-8-16)22-19(23)21-13-14-5-9-17(20)10-6-14;2*1-2/h5-12,15H,3-4,13H2,1-2H3,(H2,21,22,23);2H,1H3;1H2. The average Bonchev–Trinajstić information content (AvgIpc) is 2.73. The number of hydrogen-bond donors (Lipinski definition) is 3. The first-order valence-corrected chi connectivity index (χ1v) is 9.13. The van der Waals surface area contributed by atoms with Crippen LogP contribution in [0, 0.1) is 0 Å². The first-order chi connectivity index (χ1) is 13.1. The van der Waals surface area contributed by atoms with Gasteiger partial charge < -0.3 is 20.5 Å². The highest BCUT2D eigenvalue weighted by molar-refractivity contribution is 6.30. The lowest BCUT2D eigenvalue weighted by Crippen LogP contribution is -2.28. The first kappa shape index (κ1) is 24.6. The van der Waals surface area contributed by atoms with Gasteiger partial charge in [0, 0.05) is 24.4 Å². The third kappa shape index (κ3) is 9.22. The minimum absolute atomic E-state index is 0.213. The van der Waals surface area contributed by atoms with E-state index in [-0.39, 0.29) is 6.03 Å². The molecule has 0 spiro atoms. The Morgan fingerprint density at radius 2 is 1.52 bits per heavy atom. The number of aliphatic hydroxyl groups is 1. The molecule has 5 nitrogen and oxygen atoms in total. The highest BCUT2D eigenvalue weighted by atomic mass is 35.5. The van der Waals surface area contributed by atoms with Gasteiger partial charge in [-0.1, -0.05) is 49.7 Å². The Bertz CT molecular complexity index is 641. The maximum atomic E-state index is 11.9. The van der Waals surface area contributed by atoms with Crippen LogP contribution < -0.4 is 10.6 Å². The van der Waals surface area contributed by atoms with Gasteiger partial charge in [-0.15, -0.1) is 0 Å². The second-order valence-corrected chi connectivity index (χ2v) is 6.01. The quantitative estimate of drug-likeness (QED) is 0.648. The minimum Gasteiger partial charge on any atom is -0.400 e. The summed E-state index contributed by atoms with van der Waals surface area (Å²) in [6, 6.07) is 15.3. The van der Waals surface area contributed by atoms with Gasteiger partial charge in [0.2, 0.25) is 0 Å². The Balaban J connectivity index is 0.00000158. The van der Waals surface area contributed by atoms with Crippen LogP contribution in [0.15, 0.2) is 48.5 Å². The zero-order valence-electron chi connectivity index (χ0n) is 16.2. The van der Waals surface area contributed by atoms with Gasteiger partial charge in [0.25, 0.3) is 0 Å². The molecule has 0 unspecified atom stereocenters. The highest BCUT2D eigenvalue weighted by Crippen LogP contribution is 2.24. The highest BCUT2D eigenvalue weighted by Gasteiger charge is 2.07. The molecule has 0 aliphatic carbocycles. The molecule has 0 aliphatic heterocycles. The molecule has 2 aromatic carbocycles. The molecule has 0 saturated heterocycles. The number of nitrogens with one attached hydrogen (secondary N) is 2. The SMILES string of the molecule is C=O.CCC(CC)c1ccc(NC(=O)NCc2ccc(Cl)cc2)cc1.CO. The van der Waals surface area contributed by atoms with E-state index < -0.39 is 0 Å². The summed E-state index contributed by atoms with van der Waals surface area (Å²) < 4.78 is 0. The summed E-state index contributed by atoms with van der Waals surface area (Å²) in [5.41, 5.74) is 3.13. The molecule has 2 rings (SSSR count). The molecular weight excluding hydrogens is 364 g/mol. The average molecular weight is 393 g/mol. The number of benzene rings is 2. The van der Waals surface area contributed by atoms with E-state index in [1.165, 1.54) is 5.56 Å². The Morgan fingerprint density at radius 3 is 2.00 bits per heavy atom. The summed E-state index contributed by atoms with van der Waals surface area (Å²) in [6.07, 6.45) is 2.26. The van der Waals surface area contributed by atoms with Gasteiger partial charge >= 0.3 is 6.03 Å². The van der Waals surface area contributed by atoms with Crippen LogP contribution in [0.3, 0.4) is 0 Å². The molecule has 0 bridgehead atoms. The van der Waals surface area contributed by atoms with E-state index in [0.717, 1.165) is 31.2 Å². The summed E-state index contributed by atoms with van der Waals surface area (Å²) in [6.45, 7) is 6.86. The van der Waals surface area contributed by atoms with E-state index in [1.54, 1.807) is 0 Å². The Morgan fingerprint density at radius 1 is 1.00 bits per heavy atom. The number of hydrogen-bond acceptors (Lipinski definition) is 3. The maximum absolute atomic E-state index is 11.9. The van der Waals surface area contributed by atoms with Crippen molar-refractivity contribution in [2.24, 2.45) is 0 Å². The monoisotopic (exact) mass is 392 g/mol. The first-order valence-electron chi connectivity index (χ1n) is 8.75. The van der Waals surface area contributed by atoms with Gasteiger partial charge in [0.05, 0.1) is 0 Å². The van der Waals surface area contributed by atoms with Crippen molar-refractivity contribution in [2.75, 3.05) is 12.4 Å². The lowest BCUT2D eigenvalue weighted by molar-refractivity contribution is -0.0979. The number of urea groups is 1. The molecule has 0 radical (unpaired) electrons. The Hall–Kier alpha value is -2.37. The molecular formula is C21H29ClN2O3. The normalized spacial score (nSPS) is 9.41. The van der Waals surface area contributed by atoms with E-state index in [2.05, 4.69) is 36.6 Å². The zero-order chi connectivity index (χ0) is 20.7. The van der Waals surface area contributed by atoms with Gasteiger partial charge in [-0.2, -0.15) is 0 Å². The van der Waals surface area contributed by atoms with Gasteiger partial charge in [0.15, 0.2) is 0 Å². The van der Waals surface area contributed by atoms with Gasteiger partial charge in [0.1, 0.15) is 6.79 Å². The van der Waals surface area contributed by atoms with Crippen molar-refractivity contribution in [3.8, 4) is 0 Å². The lowest BCUT2D eigenvalue weighted by Gasteiger charge is -2.13. The van der Waals surface area contributed by atoms with Crippen LogP contribution in [0.25, 0.3) is 0 Å². The molecule has 0 saturated carbocycles. The van der Waals surface area contributed by atoms with Crippen LogP contribution in [0.1, 0.15) is 43.7 Å². The van der Waals surface area contributed by atoms with E-state index in [1.807, 2.05) is 43.2 Å². The number of aliphatic hydroxyl groups excluding tert-OH is 1. The lowest BCUT2D eigenvalue weighted by atomic mass is 9.94. The molecule has 6 heteroatoms. The second kappa shape index (κ2) is 14.8. The molecule has 2 aromatic rings. The summed E-state index contributed by atoms with van der Waals surface area (Å²) >= 11 is 5.84. The molecule has 27 heavy (non-hydrogen) atoms. The maximum Gasteiger partial charge on any atom is 0.319 e. The predicted octanol–water partition coefficient (Wildman–Crippen LogP) is 4.99. The van der Waals surface area contributed by atoms with E-state index in [9.17, 15) is 4.79 Å². The molecule has 0 aliphatic rings. The van der Waals surface area contributed by atoms with Crippen molar-refractivity contribution in [1.82, 2.24) is 5.32 Å². The zero-order valence-corrected chi connectivity index (χ0v) is 16.9. The van der Waals surface area contributed by atoms with Crippen LogP contribution >= 0.6 is 11.6 Å². The molecule has 0 aromatic heterocycles. The van der Waals surface area contributed by atoms with Crippen molar-refractivity contribution in [3.63, 3.8) is 0 Å². The molecule has 0 fully saturated rings. The van der Waals surface area contributed by atoms with Crippen molar-refractivity contribution in [2.45, 2.75) is 39.2 Å². The van der Waals surface area contributed by atoms with Crippen molar-refractivity contribution in [3.05, 3.63) is 64.7 Å². The largest absolute Gasteiger partial charge is 0.400 e. The molecule has 3 N–H and O–H groups in total. The van der Waals surface area contributed by atoms with Crippen molar-refractivity contribution in [1.29, 1.82) is 0 Å². The van der Waals surface area contributed by atoms with E-state index >= 15 is 0 Å². The van der Waals surface area contributed by atoms with E-state index in [4.69, 9.17) is 21.5 Å². The minimum atomic E-state index is -0.213. The second-order valence-electron chi connectivity index (χ2n) is 5.57. The van der Waals surface area contributed by atoms with E-state index in [0.29, 0.717) is 17.5 Å². The Kier molecular flexibility index (Phi) is 13.5. The summed E-state index contributed by atoms with van der Waals surface area (Å²) in [7, 11) is 1.00. The van der Waals surface area contributed by atoms with Gasteiger partial charge in [-0.25, -0.2) is 4.79 Å². The fourth-order valence-electron chi connectivity index (χ4n) is 2.56. The number of amides is 2. The van der Waals surface area contributed by atoms with Crippen molar-refractivity contribution < 1.29 is 14.7 Å². The summed E-state index contributed by atoms with van der Waals surface area (Å²) in [5.74, 6) is 0.586. The number of carbonyl (C=O) groups excluding carboxylic acids is 2. The van der Waals surface area contributed by atoms with Gasteiger partial charge in [-0.3, -0.25) is 0 Å². The van der Waals surface area contributed by atoms with Crippen molar-refractivity contribution >= 4 is 30.1 Å². The van der Waals surface area contributed by atoms with Crippen LogP contribution in [-0.4, -0.2) is 25.0 Å². The smallest absolute Gasteiger partial charge is 0.319 e. The summed E-state index contributed by atoms with van der Waals surface area (Å²) in [5, 5.41) is 13.4. The van der Waals surface area contributed by atoms with Crippen LogP contribution in [0.4, 0.5) is 10.5 Å². The number of halogens is 1. The fourth-order valence-corrected chi connectivity index (χ4v) is 2.68. The molecule has 0 atom stereocenters. The van der Waals surface area contributed by atoms with Gasteiger partial charge in [-0.05, 0) is 54.2 Å². The third-order valence-corrected chi connectivity index (χ3v) is 4.24. The molecule has 0 heterocycles. The predicted molar refractivity (Wildman–Crippen MR) is 112 cm³/mol. The molecule has 148 valence electrons. The number of anilines is 1. The van der Waals surface area contributed by atoms with Crippen LogP contribution in [0.2, 0.25) is 5.02 Å². The molecule has 2 amide bonds. The number of carbonyl (C=O) groups is 2. The third-order valence-electron chi connectivity index (χ3n) is 3.99. The summed E-state index contributed by atoms with van der Waals surface area (Å²) in [4.78, 5) is 19.9. The number of rotatable bonds is 6. The Labute approximate surface area is 166 Å². The fraction of sp³-hybridized carbons (Fsp3) is 0.333. The van der Waals surface area contributed by atoms with Crippen LogP contribution in [0.5, 0.6) is 0 Å². The topological polar surface area (TPSA) is 78.4 Å². The van der Waals surface area contributed by atoms with Crippen LogP contribution in [-0.2, 0) is 11.3 Å².